The Morgan fingerprint density at radius 2 is 1.83 bits per heavy atom. The summed E-state index contributed by atoms with van der Waals surface area (Å²) in [5.74, 6) is 0.903. The summed E-state index contributed by atoms with van der Waals surface area (Å²) in [7, 11) is 0. The topological polar surface area (TPSA) is 90.7 Å². The van der Waals surface area contributed by atoms with Crippen molar-refractivity contribution in [1.29, 1.82) is 0 Å². The molecule has 0 saturated carbocycles. The van der Waals surface area contributed by atoms with Crippen LogP contribution in [0.5, 0.6) is 11.5 Å². The van der Waals surface area contributed by atoms with Crippen LogP contribution in [0, 0.1) is 10.1 Å². The summed E-state index contributed by atoms with van der Waals surface area (Å²) in [5, 5.41) is 14.0. The number of halogens is 1. The largest absolute Gasteiger partial charge is 0.454 e. The fourth-order valence-corrected chi connectivity index (χ4v) is 3.96. The van der Waals surface area contributed by atoms with Crippen molar-refractivity contribution in [1.82, 2.24) is 0 Å². The van der Waals surface area contributed by atoms with E-state index in [4.69, 9.17) is 21.1 Å². The Morgan fingerprint density at radius 3 is 2.62 bits per heavy atom. The number of amides is 1. The van der Waals surface area contributed by atoms with Gasteiger partial charge in [-0.3, -0.25) is 14.9 Å². The van der Waals surface area contributed by atoms with E-state index in [1.54, 1.807) is 48.5 Å². The van der Waals surface area contributed by atoms with E-state index < -0.39 is 4.92 Å². The molecule has 1 amide bonds. The van der Waals surface area contributed by atoms with Crippen LogP contribution < -0.4 is 14.8 Å². The fraction of sp³-hybridized carbons (Fsp3) is 0.0500. The van der Waals surface area contributed by atoms with Gasteiger partial charge < -0.3 is 14.8 Å². The van der Waals surface area contributed by atoms with Crippen molar-refractivity contribution in [3.05, 3.63) is 81.4 Å². The fourth-order valence-electron chi connectivity index (χ4n) is 2.72. The van der Waals surface area contributed by atoms with Gasteiger partial charge in [0.2, 0.25) is 6.79 Å². The number of carbonyl (C=O) groups is 1. The summed E-state index contributed by atoms with van der Waals surface area (Å²) in [6, 6.07) is 16.4. The second-order valence-electron chi connectivity index (χ2n) is 5.99. The lowest BCUT2D eigenvalue weighted by Gasteiger charge is -2.11. The summed E-state index contributed by atoms with van der Waals surface area (Å²) >= 11 is 7.45. The molecule has 146 valence electrons. The number of fused-ring (bicyclic) bond motifs is 1. The highest BCUT2D eigenvalue weighted by Crippen LogP contribution is 2.38. The molecule has 1 aliphatic heterocycles. The maximum Gasteiger partial charge on any atom is 0.270 e. The first kappa shape index (κ1) is 19.1. The third-order valence-electron chi connectivity index (χ3n) is 4.11. The first-order valence-electron chi connectivity index (χ1n) is 8.43. The zero-order valence-corrected chi connectivity index (χ0v) is 16.3. The number of nitro groups is 1. The first-order valence-corrected chi connectivity index (χ1v) is 9.62. The van der Waals surface area contributed by atoms with Gasteiger partial charge in [0.15, 0.2) is 11.5 Å². The molecule has 0 aromatic heterocycles. The Bertz CT molecular complexity index is 1120. The molecule has 7 nitrogen and oxygen atoms in total. The van der Waals surface area contributed by atoms with Crippen molar-refractivity contribution in [2.75, 3.05) is 12.1 Å². The third-order valence-corrected chi connectivity index (χ3v) is 5.68. The molecule has 0 atom stereocenters. The lowest BCUT2D eigenvalue weighted by atomic mass is 10.2. The number of benzene rings is 3. The van der Waals surface area contributed by atoms with Crippen LogP contribution in [0.15, 0.2) is 70.5 Å². The molecule has 4 rings (SSSR count). The van der Waals surface area contributed by atoms with Crippen molar-refractivity contribution in [2.45, 2.75) is 9.79 Å². The van der Waals surface area contributed by atoms with E-state index in [9.17, 15) is 14.9 Å². The van der Waals surface area contributed by atoms with Gasteiger partial charge in [-0.1, -0.05) is 35.5 Å². The Balaban J connectivity index is 1.56. The second-order valence-corrected chi connectivity index (χ2v) is 7.48. The normalized spacial score (nSPS) is 11.9. The molecule has 0 unspecified atom stereocenters. The van der Waals surface area contributed by atoms with Gasteiger partial charge in [-0.15, -0.1) is 0 Å². The van der Waals surface area contributed by atoms with Gasteiger partial charge in [-0.25, -0.2) is 0 Å². The minimum absolute atomic E-state index is 0.0896. The summed E-state index contributed by atoms with van der Waals surface area (Å²) in [6.45, 7) is 0.155. The Morgan fingerprint density at radius 1 is 1.03 bits per heavy atom. The first-order chi connectivity index (χ1) is 14.0. The molecular weight excluding hydrogens is 416 g/mol. The SMILES string of the molecule is O=C(Nc1ccc2c(c1)OCO2)c1ccccc1Sc1ccc([N+](=O)[O-])cc1Cl. The molecule has 3 aromatic rings. The number of rotatable bonds is 5. The molecular formula is C20H13ClN2O5S. The zero-order valence-electron chi connectivity index (χ0n) is 14.8. The van der Waals surface area contributed by atoms with Gasteiger partial charge in [0.1, 0.15) is 0 Å². The average molecular weight is 429 g/mol. The Hall–Kier alpha value is -3.23. The summed E-state index contributed by atoms with van der Waals surface area (Å²) in [4.78, 5) is 24.5. The van der Waals surface area contributed by atoms with E-state index in [-0.39, 0.29) is 23.4 Å². The van der Waals surface area contributed by atoms with Crippen molar-refractivity contribution < 1.29 is 19.2 Å². The number of nitrogens with one attached hydrogen (secondary N) is 1. The molecule has 0 radical (unpaired) electrons. The lowest BCUT2D eigenvalue weighted by Crippen LogP contribution is -2.12. The summed E-state index contributed by atoms with van der Waals surface area (Å²) in [6.07, 6.45) is 0. The predicted molar refractivity (Wildman–Crippen MR) is 109 cm³/mol. The smallest absolute Gasteiger partial charge is 0.270 e. The van der Waals surface area contributed by atoms with Crippen molar-refractivity contribution >= 4 is 40.6 Å². The van der Waals surface area contributed by atoms with E-state index in [1.165, 1.54) is 23.9 Å². The van der Waals surface area contributed by atoms with E-state index in [2.05, 4.69) is 5.32 Å². The molecule has 0 bridgehead atoms. The van der Waals surface area contributed by atoms with E-state index >= 15 is 0 Å². The number of carbonyl (C=O) groups excluding carboxylic acids is 1. The van der Waals surface area contributed by atoms with Crippen LogP contribution in [0.1, 0.15) is 10.4 Å². The maximum absolute atomic E-state index is 12.8. The van der Waals surface area contributed by atoms with Gasteiger partial charge in [0.25, 0.3) is 11.6 Å². The molecule has 0 fully saturated rings. The van der Waals surface area contributed by atoms with Crippen LogP contribution in [0.3, 0.4) is 0 Å². The predicted octanol–water partition coefficient (Wildman–Crippen LogP) is 5.38. The van der Waals surface area contributed by atoms with Gasteiger partial charge in [-0.05, 0) is 30.3 Å². The van der Waals surface area contributed by atoms with Crippen molar-refractivity contribution in [3.63, 3.8) is 0 Å². The van der Waals surface area contributed by atoms with Gasteiger partial charge >= 0.3 is 0 Å². The maximum atomic E-state index is 12.8. The minimum Gasteiger partial charge on any atom is -0.454 e. The molecule has 1 aliphatic rings. The molecule has 1 heterocycles. The van der Waals surface area contributed by atoms with Crippen LogP contribution in [-0.2, 0) is 0 Å². The van der Waals surface area contributed by atoms with Crippen LogP contribution in [0.4, 0.5) is 11.4 Å². The number of hydrogen-bond donors (Lipinski definition) is 1. The molecule has 0 aliphatic carbocycles. The van der Waals surface area contributed by atoms with Gasteiger partial charge in [-0.2, -0.15) is 0 Å². The van der Waals surface area contributed by atoms with Crippen LogP contribution in [-0.4, -0.2) is 17.6 Å². The standard InChI is InChI=1S/C20H13ClN2O5S/c21-15-10-13(23(25)26)6-8-19(15)29-18-4-2-1-3-14(18)20(24)22-12-5-7-16-17(9-12)28-11-27-16/h1-10H,11H2,(H,22,24). The zero-order chi connectivity index (χ0) is 20.4. The number of ether oxygens (including phenoxy) is 2. The summed E-state index contributed by atoms with van der Waals surface area (Å²) < 4.78 is 10.6. The van der Waals surface area contributed by atoms with Gasteiger partial charge in [0, 0.05) is 33.7 Å². The highest BCUT2D eigenvalue weighted by Gasteiger charge is 2.17. The number of hydrogen-bond acceptors (Lipinski definition) is 6. The molecule has 29 heavy (non-hydrogen) atoms. The quantitative estimate of drug-likeness (QED) is 0.433. The highest BCUT2D eigenvalue weighted by molar-refractivity contribution is 7.99. The number of non-ortho nitro benzene ring substituents is 1. The Labute approximate surface area is 174 Å². The van der Waals surface area contributed by atoms with Crippen LogP contribution in [0.25, 0.3) is 0 Å². The number of nitro benzene ring substituents is 1. The van der Waals surface area contributed by atoms with Crippen LogP contribution >= 0.6 is 23.4 Å². The van der Waals surface area contributed by atoms with Gasteiger partial charge in [0.05, 0.1) is 15.5 Å². The highest BCUT2D eigenvalue weighted by atomic mass is 35.5. The monoisotopic (exact) mass is 428 g/mol. The Kier molecular flexibility index (Phi) is 5.28. The van der Waals surface area contributed by atoms with Crippen molar-refractivity contribution in [3.8, 4) is 11.5 Å². The number of anilines is 1. The van der Waals surface area contributed by atoms with E-state index in [0.29, 0.717) is 32.5 Å². The van der Waals surface area contributed by atoms with E-state index in [0.717, 1.165) is 0 Å². The van der Waals surface area contributed by atoms with Crippen molar-refractivity contribution in [2.24, 2.45) is 0 Å². The minimum atomic E-state index is -0.507. The van der Waals surface area contributed by atoms with E-state index in [1.807, 2.05) is 0 Å². The third kappa shape index (κ3) is 4.13. The van der Waals surface area contributed by atoms with Crippen LogP contribution in [0.2, 0.25) is 5.02 Å². The molecule has 9 heteroatoms. The number of nitrogens with zero attached hydrogens (tertiary/aromatic N) is 1. The molecule has 0 saturated heterocycles. The lowest BCUT2D eigenvalue weighted by molar-refractivity contribution is -0.384. The molecule has 0 spiro atoms. The molecule has 3 aromatic carbocycles. The molecule has 1 N–H and O–H groups in total. The second kappa shape index (κ2) is 8.02. The summed E-state index contributed by atoms with van der Waals surface area (Å²) in [5.41, 5.74) is 0.935. The average Bonchev–Trinajstić information content (AvgIpc) is 3.17.